The lowest BCUT2D eigenvalue weighted by Gasteiger charge is -2.30. The summed E-state index contributed by atoms with van der Waals surface area (Å²) in [5.74, 6) is 1.21. The van der Waals surface area contributed by atoms with Crippen molar-refractivity contribution in [2.45, 2.75) is 46.1 Å². The van der Waals surface area contributed by atoms with E-state index in [1.54, 1.807) is 0 Å². The molecule has 0 aliphatic heterocycles. The smallest absolute Gasteiger partial charge is 0.0321 e. The van der Waals surface area contributed by atoms with Gasteiger partial charge in [0.05, 0.1) is 0 Å². The van der Waals surface area contributed by atoms with Crippen LogP contribution in [0.4, 0.5) is 0 Å². The van der Waals surface area contributed by atoms with E-state index in [4.69, 9.17) is 0 Å². The highest BCUT2D eigenvalue weighted by atomic mass is 14.9. The third-order valence-electron chi connectivity index (χ3n) is 3.67. The zero-order valence-corrected chi connectivity index (χ0v) is 12.4. The van der Waals surface area contributed by atoms with E-state index in [1.807, 2.05) is 0 Å². The molecule has 0 amide bonds. The zero-order valence-electron chi connectivity index (χ0n) is 12.4. The van der Waals surface area contributed by atoms with Gasteiger partial charge in [0.15, 0.2) is 0 Å². The molecular weight excluding hydrogens is 218 g/mol. The Labute approximate surface area is 112 Å². The number of hydrogen-bond acceptors (Lipinski definition) is 1. The summed E-state index contributed by atoms with van der Waals surface area (Å²) in [6.07, 6.45) is 3.55. The van der Waals surface area contributed by atoms with E-state index in [2.05, 4.69) is 76.5 Å². The molecule has 18 heavy (non-hydrogen) atoms. The molecule has 0 radical (unpaired) electrons. The lowest BCUT2D eigenvalue weighted by molar-refractivity contribution is 0.385. The fourth-order valence-electron chi connectivity index (χ4n) is 2.54. The van der Waals surface area contributed by atoms with E-state index in [9.17, 15) is 0 Å². The molecule has 3 atom stereocenters. The highest BCUT2D eigenvalue weighted by Crippen LogP contribution is 2.31. The molecular formula is C17H27N. The third kappa shape index (κ3) is 3.99. The summed E-state index contributed by atoms with van der Waals surface area (Å²) in [5, 5.41) is 3.47. The quantitative estimate of drug-likeness (QED) is 0.734. The molecule has 100 valence electrons. The molecule has 1 heteroatoms. The minimum absolute atomic E-state index is 0.410. The van der Waals surface area contributed by atoms with Gasteiger partial charge < -0.3 is 5.32 Å². The zero-order chi connectivity index (χ0) is 13.5. The molecule has 0 saturated carbocycles. The molecule has 1 nitrogen and oxygen atoms in total. The van der Waals surface area contributed by atoms with E-state index in [0.717, 1.165) is 0 Å². The summed E-state index contributed by atoms with van der Waals surface area (Å²) in [6.45, 7) is 8.96. The van der Waals surface area contributed by atoms with Crippen LogP contribution >= 0.6 is 0 Å². The number of allylic oxidation sites excluding steroid dienone is 1. The molecule has 0 spiro atoms. The van der Waals surface area contributed by atoms with Gasteiger partial charge in [-0.2, -0.15) is 0 Å². The minimum Gasteiger partial charge on any atom is -0.313 e. The topological polar surface area (TPSA) is 12.0 Å². The van der Waals surface area contributed by atoms with Gasteiger partial charge in [0.1, 0.15) is 0 Å². The van der Waals surface area contributed by atoms with E-state index in [-0.39, 0.29) is 0 Å². The number of benzene rings is 1. The molecule has 1 N–H and O–H groups in total. The van der Waals surface area contributed by atoms with Crippen LogP contribution in [0.1, 0.15) is 45.6 Å². The Bertz CT molecular complexity index is 362. The van der Waals surface area contributed by atoms with Gasteiger partial charge in [-0.05, 0) is 32.4 Å². The summed E-state index contributed by atoms with van der Waals surface area (Å²) in [7, 11) is 2.06. The highest BCUT2D eigenvalue weighted by molar-refractivity contribution is 5.25. The van der Waals surface area contributed by atoms with Crippen molar-refractivity contribution in [3.63, 3.8) is 0 Å². The van der Waals surface area contributed by atoms with Crippen molar-refractivity contribution in [2.24, 2.45) is 5.92 Å². The van der Waals surface area contributed by atoms with Crippen LogP contribution in [0.15, 0.2) is 42.0 Å². The maximum Gasteiger partial charge on any atom is 0.0321 e. The molecule has 0 aliphatic rings. The van der Waals surface area contributed by atoms with Gasteiger partial charge in [0.2, 0.25) is 0 Å². The van der Waals surface area contributed by atoms with Crippen molar-refractivity contribution in [3.8, 4) is 0 Å². The van der Waals surface area contributed by atoms with Crippen LogP contribution in [0.2, 0.25) is 0 Å². The molecule has 1 rings (SSSR count). The maximum atomic E-state index is 3.47. The lowest BCUT2D eigenvalue weighted by atomic mass is 9.79. The summed E-state index contributed by atoms with van der Waals surface area (Å²) >= 11 is 0. The molecule has 0 bridgehead atoms. The first kappa shape index (κ1) is 15.0. The van der Waals surface area contributed by atoms with Gasteiger partial charge in [0, 0.05) is 12.0 Å². The van der Waals surface area contributed by atoms with Crippen molar-refractivity contribution in [1.29, 1.82) is 0 Å². The van der Waals surface area contributed by atoms with Gasteiger partial charge in [-0.15, -0.1) is 0 Å². The minimum atomic E-state index is 0.410. The Morgan fingerprint density at radius 2 is 1.83 bits per heavy atom. The first-order valence-corrected chi connectivity index (χ1v) is 6.97. The Morgan fingerprint density at radius 1 is 1.22 bits per heavy atom. The van der Waals surface area contributed by atoms with Crippen molar-refractivity contribution in [2.75, 3.05) is 7.05 Å². The second-order valence-electron chi connectivity index (χ2n) is 5.38. The van der Waals surface area contributed by atoms with E-state index < -0.39 is 0 Å². The van der Waals surface area contributed by atoms with Crippen LogP contribution in [0.25, 0.3) is 0 Å². The second kappa shape index (κ2) is 7.38. The molecule has 0 fully saturated rings. The highest BCUT2D eigenvalue weighted by Gasteiger charge is 2.24. The third-order valence-corrected chi connectivity index (χ3v) is 3.67. The summed E-state index contributed by atoms with van der Waals surface area (Å²) in [6, 6.07) is 11.3. The molecule has 1 aromatic rings. The number of rotatable bonds is 6. The van der Waals surface area contributed by atoms with E-state index >= 15 is 0 Å². The Morgan fingerprint density at radius 3 is 2.28 bits per heavy atom. The van der Waals surface area contributed by atoms with Crippen LogP contribution in [-0.2, 0) is 0 Å². The normalized spacial score (nSPS) is 15.8. The monoisotopic (exact) mass is 245 g/mol. The second-order valence-corrected chi connectivity index (χ2v) is 5.38. The maximum absolute atomic E-state index is 3.47. The van der Waals surface area contributed by atoms with E-state index in [0.29, 0.717) is 17.9 Å². The number of likely N-dealkylation sites (N-methyl/N-ethyl adjacent to an activating group) is 1. The molecule has 1 aromatic carbocycles. The Balaban J connectivity index is 3.08. The summed E-state index contributed by atoms with van der Waals surface area (Å²) < 4.78 is 0. The SMILES string of the molecule is CCC(C)C(c1ccccc1)C(C=C(C)C)NC. The van der Waals surface area contributed by atoms with Crippen molar-refractivity contribution < 1.29 is 0 Å². The van der Waals surface area contributed by atoms with Crippen LogP contribution in [0, 0.1) is 5.92 Å². The Hall–Kier alpha value is -1.08. The van der Waals surface area contributed by atoms with Crippen LogP contribution < -0.4 is 5.32 Å². The predicted octanol–water partition coefficient (Wildman–Crippen LogP) is 4.37. The van der Waals surface area contributed by atoms with Crippen LogP contribution in [-0.4, -0.2) is 13.1 Å². The fraction of sp³-hybridized carbons (Fsp3) is 0.529. The van der Waals surface area contributed by atoms with E-state index in [1.165, 1.54) is 17.6 Å². The summed E-state index contributed by atoms with van der Waals surface area (Å²) in [5.41, 5.74) is 2.81. The summed E-state index contributed by atoms with van der Waals surface area (Å²) in [4.78, 5) is 0. The van der Waals surface area contributed by atoms with Crippen LogP contribution in [0.3, 0.4) is 0 Å². The van der Waals surface area contributed by atoms with Crippen molar-refractivity contribution in [3.05, 3.63) is 47.5 Å². The molecule has 0 aliphatic carbocycles. The van der Waals surface area contributed by atoms with Gasteiger partial charge in [-0.25, -0.2) is 0 Å². The standard InChI is InChI=1S/C17H27N/c1-6-14(4)17(15-10-8-7-9-11-15)16(18-5)12-13(2)3/h7-12,14,16-18H,6H2,1-5H3. The average molecular weight is 245 g/mol. The number of hydrogen-bond donors (Lipinski definition) is 1. The fourth-order valence-corrected chi connectivity index (χ4v) is 2.54. The molecule has 3 unspecified atom stereocenters. The molecule has 0 saturated heterocycles. The van der Waals surface area contributed by atoms with Gasteiger partial charge in [-0.1, -0.05) is 62.2 Å². The lowest BCUT2D eigenvalue weighted by Crippen LogP contribution is -2.34. The average Bonchev–Trinajstić information content (AvgIpc) is 2.38. The van der Waals surface area contributed by atoms with Crippen LogP contribution in [0.5, 0.6) is 0 Å². The van der Waals surface area contributed by atoms with Crippen molar-refractivity contribution >= 4 is 0 Å². The molecule has 0 heterocycles. The Kier molecular flexibility index (Phi) is 6.14. The first-order valence-electron chi connectivity index (χ1n) is 6.97. The van der Waals surface area contributed by atoms with Gasteiger partial charge >= 0.3 is 0 Å². The van der Waals surface area contributed by atoms with Gasteiger partial charge in [0.25, 0.3) is 0 Å². The molecule has 0 aromatic heterocycles. The van der Waals surface area contributed by atoms with Gasteiger partial charge in [-0.3, -0.25) is 0 Å². The number of nitrogens with one attached hydrogen (secondary N) is 1. The predicted molar refractivity (Wildman–Crippen MR) is 80.9 cm³/mol. The largest absolute Gasteiger partial charge is 0.313 e. The first-order chi connectivity index (χ1) is 8.60. The van der Waals surface area contributed by atoms with Crippen molar-refractivity contribution in [1.82, 2.24) is 5.32 Å².